The highest BCUT2D eigenvalue weighted by molar-refractivity contribution is 5.20. The Balaban J connectivity index is 1.70. The van der Waals surface area contributed by atoms with E-state index in [1.807, 2.05) is 42.5 Å². The van der Waals surface area contributed by atoms with Gasteiger partial charge in [-0.3, -0.25) is 0 Å². The third kappa shape index (κ3) is 3.25. The number of pyridine rings is 1. The molecule has 4 heteroatoms. The normalized spacial score (nSPS) is 9.75. The van der Waals surface area contributed by atoms with E-state index in [9.17, 15) is 0 Å². The Morgan fingerprint density at radius 1 is 1.00 bits per heavy atom. The maximum absolute atomic E-state index is 5.28. The van der Waals surface area contributed by atoms with Crippen molar-refractivity contribution >= 4 is 0 Å². The van der Waals surface area contributed by atoms with Crippen molar-refractivity contribution in [2.45, 2.75) is 0 Å². The topological polar surface area (TPSA) is 43.4 Å². The summed E-state index contributed by atoms with van der Waals surface area (Å²) in [7, 11) is 0. The van der Waals surface area contributed by atoms with E-state index in [4.69, 9.17) is 9.57 Å². The number of aromatic nitrogens is 1. The summed E-state index contributed by atoms with van der Waals surface area (Å²) in [5, 5.41) is 0. The van der Waals surface area contributed by atoms with Gasteiger partial charge in [-0.15, -0.1) is 5.48 Å². The largest absolute Gasteiger partial charge is 0.459 e. The summed E-state index contributed by atoms with van der Waals surface area (Å²) in [4.78, 5) is 9.23. The van der Waals surface area contributed by atoms with E-state index in [1.54, 1.807) is 12.3 Å². The van der Waals surface area contributed by atoms with Crippen molar-refractivity contribution in [3.8, 4) is 11.6 Å². The molecule has 0 amide bonds. The number of hydrogen-bond acceptors (Lipinski definition) is 4. The Morgan fingerprint density at radius 3 is 2.56 bits per heavy atom. The first-order chi connectivity index (χ1) is 7.95. The summed E-state index contributed by atoms with van der Waals surface area (Å²) in [6.07, 6.45) is 1.67. The fourth-order valence-corrected chi connectivity index (χ4v) is 1.14. The van der Waals surface area contributed by atoms with Crippen molar-refractivity contribution in [1.29, 1.82) is 0 Å². The van der Waals surface area contributed by atoms with E-state index >= 15 is 0 Å². The van der Waals surface area contributed by atoms with Gasteiger partial charge in [-0.1, -0.05) is 24.3 Å². The number of para-hydroxylation sites is 1. The van der Waals surface area contributed by atoms with Gasteiger partial charge in [0, 0.05) is 12.3 Å². The fourth-order valence-electron chi connectivity index (χ4n) is 1.14. The lowest BCUT2D eigenvalue weighted by Crippen LogP contribution is -2.24. The number of nitrogens with one attached hydrogen (secondary N) is 1. The van der Waals surface area contributed by atoms with E-state index in [2.05, 4.69) is 10.5 Å². The van der Waals surface area contributed by atoms with Crippen molar-refractivity contribution in [3.63, 3.8) is 0 Å². The van der Waals surface area contributed by atoms with Crippen molar-refractivity contribution < 1.29 is 9.57 Å². The highest BCUT2D eigenvalue weighted by Gasteiger charge is 1.93. The molecule has 0 unspecified atom stereocenters. The molecule has 0 fully saturated rings. The van der Waals surface area contributed by atoms with E-state index < -0.39 is 0 Å². The Morgan fingerprint density at radius 2 is 1.81 bits per heavy atom. The van der Waals surface area contributed by atoms with Crippen LogP contribution in [-0.2, 0) is 0 Å². The van der Waals surface area contributed by atoms with E-state index in [-0.39, 0.29) is 6.73 Å². The van der Waals surface area contributed by atoms with Crippen LogP contribution in [0.4, 0.5) is 0 Å². The van der Waals surface area contributed by atoms with Gasteiger partial charge in [0.15, 0.2) is 6.73 Å². The van der Waals surface area contributed by atoms with E-state index in [0.717, 1.165) is 5.75 Å². The molecule has 0 aliphatic heterocycles. The molecule has 2 rings (SSSR count). The molecule has 82 valence electrons. The van der Waals surface area contributed by atoms with Crippen molar-refractivity contribution in [1.82, 2.24) is 10.5 Å². The first-order valence-electron chi connectivity index (χ1n) is 4.94. The number of hydroxylamine groups is 1. The minimum atomic E-state index is 0.242. The Labute approximate surface area is 93.8 Å². The minimum absolute atomic E-state index is 0.242. The molecule has 0 spiro atoms. The third-order valence-electron chi connectivity index (χ3n) is 1.85. The molecular weight excluding hydrogens is 204 g/mol. The quantitative estimate of drug-likeness (QED) is 0.471. The average Bonchev–Trinajstić information content (AvgIpc) is 2.37. The molecule has 2 aromatic rings. The van der Waals surface area contributed by atoms with Crippen LogP contribution in [0.1, 0.15) is 0 Å². The first-order valence-corrected chi connectivity index (χ1v) is 4.94. The van der Waals surface area contributed by atoms with Gasteiger partial charge in [-0.05, 0) is 18.2 Å². The highest BCUT2D eigenvalue weighted by atomic mass is 16.7. The molecule has 0 aliphatic carbocycles. The van der Waals surface area contributed by atoms with Gasteiger partial charge in [-0.2, -0.15) is 0 Å². The van der Waals surface area contributed by atoms with Crippen LogP contribution in [0.2, 0.25) is 0 Å². The molecule has 0 aliphatic rings. The summed E-state index contributed by atoms with van der Waals surface area (Å²) in [6.45, 7) is 0.242. The Kier molecular flexibility index (Phi) is 3.74. The van der Waals surface area contributed by atoms with Gasteiger partial charge in [0.1, 0.15) is 5.75 Å². The SMILES string of the molecule is c1ccc(ONCOc2ccccn2)cc1. The van der Waals surface area contributed by atoms with Crippen LogP contribution in [0.15, 0.2) is 54.7 Å². The van der Waals surface area contributed by atoms with Gasteiger partial charge >= 0.3 is 0 Å². The summed E-state index contributed by atoms with van der Waals surface area (Å²) in [5.41, 5.74) is 2.69. The molecule has 1 aromatic heterocycles. The predicted molar refractivity (Wildman–Crippen MR) is 59.9 cm³/mol. The average molecular weight is 216 g/mol. The maximum Gasteiger partial charge on any atom is 0.214 e. The molecule has 1 heterocycles. The Hall–Kier alpha value is -2.07. The van der Waals surface area contributed by atoms with Crippen molar-refractivity contribution in [2.24, 2.45) is 0 Å². The van der Waals surface area contributed by atoms with Crippen molar-refractivity contribution in [2.75, 3.05) is 6.73 Å². The molecule has 1 aromatic carbocycles. The third-order valence-corrected chi connectivity index (χ3v) is 1.85. The first kappa shape index (κ1) is 10.4. The second-order valence-electron chi connectivity index (χ2n) is 3.02. The smallest absolute Gasteiger partial charge is 0.214 e. The number of rotatable bonds is 5. The molecule has 0 bridgehead atoms. The van der Waals surface area contributed by atoms with Crippen LogP contribution in [0.3, 0.4) is 0 Å². The predicted octanol–water partition coefficient (Wildman–Crippen LogP) is 2.00. The summed E-state index contributed by atoms with van der Waals surface area (Å²) < 4.78 is 5.28. The zero-order valence-corrected chi connectivity index (χ0v) is 8.67. The van der Waals surface area contributed by atoms with E-state index in [0.29, 0.717) is 5.88 Å². The van der Waals surface area contributed by atoms with Crippen LogP contribution in [-0.4, -0.2) is 11.7 Å². The monoisotopic (exact) mass is 216 g/mol. The molecule has 4 nitrogen and oxygen atoms in total. The van der Waals surface area contributed by atoms with Gasteiger partial charge in [0.05, 0.1) is 0 Å². The number of nitrogens with zero attached hydrogens (tertiary/aromatic N) is 1. The molecule has 0 saturated heterocycles. The number of ether oxygens (including phenoxy) is 1. The van der Waals surface area contributed by atoms with Crippen LogP contribution in [0.25, 0.3) is 0 Å². The van der Waals surface area contributed by atoms with Crippen molar-refractivity contribution in [3.05, 3.63) is 54.7 Å². The zero-order chi connectivity index (χ0) is 11.1. The summed E-state index contributed by atoms with van der Waals surface area (Å²) in [5.74, 6) is 1.30. The number of benzene rings is 1. The van der Waals surface area contributed by atoms with Gasteiger partial charge in [0.2, 0.25) is 5.88 Å². The van der Waals surface area contributed by atoms with Crippen LogP contribution in [0.5, 0.6) is 11.6 Å². The molecular formula is C12H12N2O2. The fraction of sp³-hybridized carbons (Fsp3) is 0.0833. The van der Waals surface area contributed by atoms with Crippen LogP contribution >= 0.6 is 0 Å². The molecule has 0 saturated carbocycles. The second-order valence-corrected chi connectivity index (χ2v) is 3.02. The lowest BCUT2D eigenvalue weighted by molar-refractivity contribution is 0.112. The summed E-state index contributed by atoms with van der Waals surface area (Å²) in [6, 6.07) is 14.9. The number of hydrogen-bond donors (Lipinski definition) is 1. The lowest BCUT2D eigenvalue weighted by atomic mass is 10.3. The molecule has 0 radical (unpaired) electrons. The molecule has 16 heavy (non-hydrogen) atoms. The summed E-state index contributed by atoms with van der Waals surface area (Å²) >= 11 is 0. The molecule has 1 N–H and O–H groups in total. The van der Waals surface area contributed by atoms with Gasteiger partial charge in [0.25, 0.3) is 0 Å². The Bertz CT molecular complexity index is 364. The minimum Gasteiger partial charge on any atom is -0.459 e. The highest BCUT2D eigenvalue weighted by Crippen LogP contribution is 2.06. The standard InChI is InChI=1S/C12H12N2O2/c1-2-6-11(7-3-1)16-14-10-15-12-8-4-5-9-13-12/h1-9,14H,10H2. The lowest BCUT2D eigenvalue weighted by Gasteiger charge is -2.07. The van der Waals surface area contributed by atoms with Crippen LogP contribution < -0.4 is 15.1 Å². The van der Waals surface area contributed by atoms with Gasteiger partial charge < -0.3 is 9.57 Å². The zero-order valence-electron chi connectivity index (χ0n) is 8.67. The van der Waals surface area contributed by atoms with Crippen LogP contribution in [0, 0.1) is 0 Å². The molecule has 0 atom stereocenters. The van der Waals surface area contributed by atoms with E-state index in [1.165, 1.54) is 0 Å². The maximum atomic E-state index is 5.28. The van der Waals surface area contributed by atoms with Gasteiger partial charge in [-0.25, -0.2) is 4.98 Å². The second kappa shape index (κ2) is 5.72.